The molecule has 0 bridgehead atoms. The Morgan fingerprint density at radius 1 is 0.900 bits per heavy atom. The molecule has 0 amide bonds. The molecule has 0 aromatic rings. The van der Waals surface area contributed by atoms with Crippen LogP contribution in [0, 0.1) is 0 Å². The summed E-state index contributed by atoms with van der Waals surface area (Å²) in [4.78, 5) is 4.40. The molecular weight excluding hydrogens is 121 g/mol. The molecule has 0 fully saturated rings. The quantitative estimate of drug-likeness (QED) is 0.457. The molecule has 0 heterocycles. The molecule has 0 aromatic heterocycles. The average Bonchev–Trinajstić information content (AvgIpc) is 1.57. The van der Waals surface area contributed by atoms with Gasteiger partial charge in [-0.15, -0.1) is 0 Å². The van der Waals surface area contributed by atoms with E-state index in [1.165, 1.54) is 0 Å². The van der Waals surface area contributed by atoms with Gasteiger partial charge >= 0.3 is 64.4 Å². The SMILES string of the molecule is CC(C)(C)B=NC(C)(C)C. The molecule has 2 heteroatoms. The molecule has 0 atom stereocenters. The Kier molecular flexibility index (Phi) is 2.81. The van der Waals surface area contributed by atoms with Crippen LogP contribution in [-0.4, -0.2) is 12.6 Å². The Balaban J connectivity index is 4.01. The van der Waals surface area contributed by atoms with E-state index in [4.69, 9.17) is 0 Å². The second-order valence-corrected chi connectivity index (χ2v) is 4.80. The van der Waals surface area contributed by atoms with Crippen LogP contribution in [-0.2, 0) is 0 Å². The van der Waals surface area contributed by atoms with E-state index in [1.807, 2.05) is 7.07 Å². The molecule has 10 heavy (non-hydrogen) atoms. The van der Waals surface area contributed by atoms with Crippen LogP contribution in [0.1, 0.15) is 41.5 Å². The third-order valence-electron chi connectivity index (χ3n) is 0.839. The van der Waals surface area contributed by atoms with Gasteiger partial charge < -0.3 is 0 Å². The predicted octanol–water partition coefficient (Wildman–Crippen LogP) is 2.89. The van der Waals surface area contributed by atoms with Crippen molar-refractivity contribution in [2.45, 2.75) is 52.4 Å². The van der Waals surface area contributed by atoms with Crippen LogP contribution in [0.15, 0.2) is 4.90 Å². The van der Waals surface area contributed by atoms with Gasteiger partial charge in [0.1, 0.15) is 0 Å². The molecule has 0 rings (SSSR count). The van der Waals surface area contributed by atoms with Crippen molar-refractivity contribution in [3.05, 3.63) is 0 Å². The molecular formula is C8H18BN. The summed E-state index contributed by atoms with van der Waals surface area (Å²) in [5, 5.41) is 0.216. The van der Waals surface area contributed by atoms with Gasteiger partial charge in [0.05, 0.1) is 0 Å². The Morgan fingerprint density at radius 3 is 1.40 bits per heavy atom. The third kappa shape index (κ3) is 7.86. The van der Waals surface area contributed by atoms with E-state index in [0.29, 0.717) is 0 Å². The normalized spacial score (nSPS) is 13.8. The average molecular weight is 139 g/mol. The van der Waals surface area contributed by atoms with Crippen LogP contribution in [0.3, 0.4) is 0 Å². The first-order chi connectivity index (χ1) is 4.21. The second kappa shape index (κ2) is 2.85. The zero-order valence-electron chi connectivity index (χ0n) is 8.02. The molecule has 0 aromatic carbocycles. The fraction of sp³-hybridized carbons (Fsp3) is 1.00. The molecule has 0 saturated heterocycles. The molecule has 0 aliphatic rings. The fourth-order valence-electron chi connectivity index (χ4n) is 0.387. The molecule has 58 valence electrons. The first-order valence-corrected chi connectivity index (χ1v) is 3.77. The fourth-order valence-corrected chi connectivity index (χ4v) is 0.387. The molecule has 0 saturated carbocycles. The summed E-state index contributed by atoms with van der Waals surface area (Å²) >= 11 is 0. The molecule has 0 spiro atoms. The van der Waals surface area contributed by atoms with Crippen molar-refractivity contribution < 1.29 is 0 Å². The van der Waals surface area contributed by atoms with Gasteiger partial charge in [-0.3, -0.25) is 0 Å². The van der Waals surface area contributed by atoms with Crippen molar-refractivity contribution in [3.8, 4) is 0 Å². The van der Waals surface area contributed by atoms with E-state index in [0.717, 1.165) is 0 Å². The van der Waals surface area contributed by atoms with Gasteiger partial charge in [-0.2, -0.15) is 0 Å². The Labute approximate surface area is 65.2 Å². The predicted molar refractivity (Wildman–Crippen MR) is 47.7 cm³/mol. The van der Waals surface area contributed by atoms with Crippen molar-refractivity contribution in [1.29, 1.82) is 0 Å². The number of rotatable bonds is 0. The Bertz CT molecular complexity index is 109. The Hall–Kier alpha value is -0.135. The molecule has 1 nitrogen and oxygen atoms in total. The van der Waals surface area contributed by atoms with Crippen molar-refractivity contribution in [2.24, 2.45) is 4.90 Å². The van der Waals surface area contributed by atoms with Crippen LogP contribution >= 0.6 is 0 Å². The summed E-state index contributed by atoms with van der Waals surface area (Å²) in [7, 11) is 2.02. The van der Waals surface area contributed by atoms with Gasteiger partial charge in [0, 0.05) is 0 Å². The van der Waals surface area contributed by atoms with Gasteiger partial charge in [-0.25, -0.2) is 0 Å². The number of hydrogen-bond acceptors (Lipinski definition) is 1. The summed E-state index contributed by atoms with van der Waals surface area (Å²) in [6.45, 7) is 12.8. The van der Waals surface area contributed by atoms with Crippen molar-refractivity contribution in [2.75, 3.05) is 0 Å². The molecule has 0 N–H and O–H groups in total. The standard InChI is InChI=1S/C8H18BN/c1-7(2,3)9-10-8(4,5)6/h1-6H3. The van der Waals surface area contributed by atoms with Crippen molar-refractivity contribution in [1.82, 2.24) is 0 Å². The minimum absolute atomic E-state index is 0.0767. The van der Waals surface area contributed by atoms with Gasteiger partial charge in [-0.05, 0) is 0 Å². The van der Waals surface area contributed by atoms with E-state index in [9.17, 15) is 0 Å². The van der Waals surface area contributed by atoms with E-state index < -0.39 is 0 Å². The first-order valence-electron chi connectivity index (χ1n) is 3.77. The molecule has 0 unspecified atom stereocenters. The van der Waals surface area contributed by atoms with Crippen LogP contribution < -0.4 is 0 Å². The first kappa shape index (κ1) is 9.86. The summed E-state index contributed by atoms with van der Waals surface area (Å²) < 4.78 is 0. The van der Waals surface area contributed by atoms with Crippen LogP contribution in [0.4, 0.5) is 0 Å². The summed E-state index contributed by atoms with van der Waals surface area (Å²) in [5.74, 6) is 0. The maximum absolute atomic E-state index is 4.40. The Morgan fingerprint density at radius 2 is 1.30 bits per heavy atom. The van der Waals surface area contributed by atoms with Gasteiger partial charge in [-0.1, -0.05) is 0 Å². The van der Waals surface area contributed by atoms with E-state index in [2.05, 4.69) is 46.4 Å². The van der Waals surface area contributed by atoms with Gasteiger partial charge in [0.25, 0.3) is 0 Å². The summed E-state index contributed by atoms with van der Waals surface area (Å²) in [6, 6.07) is 0. The van der Waals surface area contributed by atoms with Crippen molar-refractivity contribution in [3.63, 3.8) is 0 Å². The summed E-state index contributed by atoms with van der Waals surface area (Å²) in [5.41, 5.74) is 0.0767. The van der Waals surface area contributed by atoms with Gasteiger partial charge in [0.15, 0.2) is 0 Å². The zero-order valence-corrected chi connectivity index (χ0v) is 8.02. The number of hydrogen-bond donors (Lipinski definition) is 0. The van der Waals surface area contributed by atoms with Crippen LogP contribution in [0.5, 0.6) is 0 Å². The minimum atomic E-state index is 0.0767. The van der Waals surface area contributed by atoms with Crippen LogP contribution in [0.25, 0.3) is 0 Å². The van der Waals surface area contributed by atoms with E-state index in [-0.39, 0.29) is 10.9 Å². The number of nitrogens with zero attached hydrogens (tertiary/aromatic N) is 1. The topological polar surface area (TPSA) is 12.4 Å². The monoisotopic (exact) mass is 139 g/mol. The zero-order chi connectivity index (χ0) is 8.41. The molecule has 0 aliphatic carbocycles. The van der Waals surface area contributed by atoms with Crippen molar-refractivity contribution >= 4 is 7.07 Å². The van der Waals surface area contributed by atoms with Gasteiger partial charge in [0.2, 0.25) is 0 Å². The molecule has 0 aliphatic heterocycles. The van der Waals surface area contributed by atoms with E-state index in [1.54, 1.807) is 0 Å². The third-order valence-corrected chi connectivity index (χ3v) is 0.839. The summed E-state index contributed by atoms with van der Waals surface area (Å²) in [6.07, 6.45) is 0. The second-order valence-electron chi connectivity index (χ2n) is 4.80. The maximum atomic E-state index is 4.40. The van der Waals surface area contributed by atoms with Crippen LogP contribution in [0.2, 0.25) is 5.31 Å². The molecule has 0 radical (unpaired) electrons. The van der Waals surface area contributed by atoms with E-state index >= 15 is 0 Å².